The summed E-state index contributed by atoms with van der Waals surface area (Å²) in [6, 6.07) is 10.4. The van der Waals surface area contributed by atoms with E-state index in [4.69, 9.17) is 10.5 Å². The molecule has 0 aliphatic rings. The van der Waals surface area contributed by atoms with Crippen molar-refractivity contribution in [3.8, 4) is 5.75 Å². The van der Waals surface area contributed by atoms with Crippen LogP contribution in [0.25, 0.3) is 0 Å². The van der Waals surface area contributed by atoms with Gasteiger partial charge in [-0.2, -0.15) is 0 Å². The predicted octanol–water partition coefficient (Wildman–Crippen LogP) is 2.87. The molecule has 2 rings (SSSR count). The second-order valence-corrected chi connectivity index (χ2v) is 5.11. The van der Waals surface area contributed by atoms with Gasteiger partial charge in [-0.05, 0) is 43.1 Å². The van der Waals surface area contributed by atoms with Crippen LogP contribution in [0.3, 0.4) is 0 Å². The SMILES string of the molecule is CCNC(Cc1cccnc1N)c1ccc(C)cc1OC. The Bertz CT molecular complexity index is 598. The van der Waals surface area contributed by atoms with Crippen molar-refractivity contribution in [3.05, 3.63) is 53.2 Å². The number of benzene rings is 1. The standard InChI is InChI=1S/C17H23N3O/c1-4-19-15(11-13-6-5-9-20-17(13)18)14-8-7-12(2)10-16(14)21-3/h5-10,15,19H,4,11H2,1-3H3,(H2,18,20). The number of nitrogens with one attached hydrogen (secondary N) is 1. The maximum absolute atomic E-state index is 5.97. The van der Waals surface area contributed by atoms with Crippen molar-refractivity contribution in [3.63, 3.8) is 0 Å². The highest BCUT2D eigenvalue weighted by atomic mass is 16.5. The number of likely N-dealkylation sites (N-methyl/N-ethyl adjacent to an activating group) is 1. The van der Waals surface area contributed by atoms with Crippen molar-refractivity contribution < 1.29 is 4.74 Å². The first-order valence-corrected chi connectivity index (χ1v) is 7.23. The molecule has 0 saturated heterocycles. The molecular formula is C17H23N3O. The van der Waals surface area contributed by atoms with Gasteiger partial charge < -0.3 is 15.8 Å². The van der Waals surface area contributed by atoms with Gasteiger partial charge in [0.1, 0.15) is 11.6 Å². The van der Waals surface area contributed by atoms with E-state index >= 15 is 0 Å². The molecule has 0 aliphatic heterocycles. The number of hydrogen-bond donors (Lipinski definition) is 2. The zero-order valence-corrected chi connectivity index (χ0v) is 12.9. The lowest BCUT2D eigenvalue weighted by Crippen LogP contribution is -2.24. The normalized spacial score (nSPS) is 12.1. The molecule has 0 fully saturated rings. The lowest BCUT2D eigenvalue weighted by molar-refractivity contribution is 0.399. The summed E-state index contributed by atoms with van der Waals surface area (Å²) in [6.45, 7) is 5.04. The molecule has 1 aromatic carbocycles. The quantitative estimate of drug-likeness (QED) is 0.857. The van der Waals surface area contributed by atoms with Crippen molar-refractivity contribution in [2.75, 3.05) is 19.4 Å². The highest BCUT2D eigenvalue weighted by Gasteiger charge is 2.17. The Balaban J connectivity index is 2.33. The molecule has 0 amide bonds. The molecule has 4 heteroatoms. The lowest BCUT2D eigenvalue weighted by atomic mass is 9.97. The lowest BCUT2D eigenvalue weighted by Gasteiger charge is -2.21. The molecule has 0 radical (unpaired) electrons. The third-order valence-electron chi connectivity index (χ3n) is 3.57. The van der Waals surface area contributed by atoms with Crippen LogP contribution in [0, 0.1) is 6.92 Å². The predicted molar refractivity (Wildman–Crippen MR) is 86.5 cm³/mol. The van der Waals surface area contributed by atoms with Crippen molar-refractivity contribution in [2.45, 2.75) is 26.3 Å². The van der Waals surface area contributed by atoms with Gasteiger partial charge >= 0.3 is 0 Å². The van der Waals surface area contributed by atoms with Gasteiger partial charge in [0.25, 0.3) is 0 Å². The molecule has 4 nitrogen and oxygen atoms in total. The van der Waals surface area contributed by atoms with E-state index in [1.54, 1.807) is 13.3 Å². The summed E-state index contributed by atoms with van der Waals surface area (Å²) in [5.74, 6) is 1.50. The maximum atomic E-state index is 5.97. The number of ether oxygens (including phenoxy) is 1. The topological polar surface area (TPSA) is 60.2 Å². The van der Waals surface area contributed by atoms with Crippen LogP contribution in [0.5, 0.6) is 5.75 Å². The molecule has 0 bridgehead atoms. The average Bonchev–Trinajstić information content (AvgIpc) is 2.49. The van der Waals surface area contributed by atoms with E-state index in [1.165, 1.54) is 5.56 Å². The third-order valence-corrected chi connectivity index (χ3v) is 3.57. The largest absolute Gasteiger partial charge is 0.496 e. The zero-order chi connectivity index (χ0) is 15.2. The first-order valence-electron chi connectivity index (χ1n) is 7.23. The van der Waals surface area contributed by atoms with Gasteiger partial charge in [0.15, 0.2) is 0 Å². The molecule has 2 aromatic rings. The van der Waals surface area contributed by atoms with Crippen molar-refractivity contribution in [1.29, 1.82) is 0 Å². The molecule has 0 aliphatic carbocycles. The highest BCUT2D eigenvalue weighted by Crippen LogP contribution is 2.29. The molecule has 21 heavy (non-hydrogen) atoms. The Morgan fingerprint density at radius 3 is 2.81 bits per heavy atom. The number of pyridine rings is 1. The van der Waals surface area contributed by atoms with Crippen LogP contribution in [0.15, 0.2) is 36.5 Å². The summed E-state index contributed by atoms with van der Waals surface area (Å²) in [5, 5.41) is 3.51. The van der Waals surface area contributed by atoms with Crippen LogP contribution < -0.4 is 15.8 Å². The van der Waals surface area contributed by atoms with Gasteiger partial charge in [0, 0.05) is 17.8 Å². The second-order valence-electron chi connectivity index (χ2n) is 5.11. The molecule has 1 atom stereocenters. The Morgan fingerprint density at radius 2 is 2.14 bits per heavy atom. The van der Waals surface area contributed by atoms with Gasteiger partial charge in [-0.25, -0.2) is 4.98 Å². The summed E-state index contributed by atoms with van der Waals surface area (Å²) in [5.41, 5.74) is 9.35. The van der Waals surface area contributed by atoms with Crippen molar-refractivity contribution in [2.24, 2.45) is 0 Å². The first kappa shape index (κ1) is 15.3. The van der Waals surface area contributed by atoms with Crippen LogP contribution in [0.1, 0.15) is 29.7 Å². The molecule has 1 unspecified atom stereocenters. The summed E-state index contributed by atoms with van der Waals surface area (Å²) in [6.07, 6.45) is 2.50. The minimum atomic E-state index is 0.150. The number of rotatable bonds is 6. The number of methoxy groups -OCH3 is 1. The Kier molecular flexibility index (Phi) is 5.17. The van der Waals surface area contributed by atoms with E-state index < -0.39 is 0 Å². The van der Waals surface area contributed by atoms with Crippen molar-refractivity contribution in [1.82, 2.24) is 10.3 Å². The van der Waals surface area contributed by atoms with Crippen LogP contribution >= 0.6 is 0 Å². The molecular weight excluding hydrogens is 262 g/mol. The number of anilines is 1. The average molecular weight is 285 g/mol. The minimum Gasteiger partial charge on any atom is -0.496 e. The fourth-order valence-electron chi connectivity index (χ4n) is 2.49. The third kappa shape index (κ3) is 3.73. The summed E-state index contributed by atoms with van der Waals surface area (Å²) >= 11 is 0. The van der Waals surface area contributed by atoms with E-state index in [0.29, 0.717) is 5.82 Å². The number of nitrogens with zero attached hydrogens (tertiary/aromatic N) is 1. The van der Waals surface area contributed by atoms with Crippen LogP contribution in [0.2, 0.25) is 0 Å². The second kappa shape index (κ2) is 7.09. The first-order chi connectivity index (χ1) is 10.2. The molecule has 1 heterocycles. The number of hydrogen-bond acceptors (Lipinski definition) is 4. The Morgan fingerprint density at radius 1 is 1.33 bits per heavy atom. The molecule has 3 N–H and O–H groups in total. The van der Waals surface area contributed by atoms with Crippen molar-refractivity contribution >= 4 is 5.82 Å². The van der Waals surface area contributed by atoms with Crippen LogP contribution in [-0.4, -0.2) is 18.6 Å². The van der Waals surface area contributed by atoms with Gasteiger partial charge in [0.2, 0.25) is 0 Å². The summed E-state index contributed by atoms with van der Waals surface area (Å²) < 4.78 is 5.53. The molecule has 0 saturated carbocycles. The van der Waals surface area contributed by atoms with E-state index in [9.17, 15) is 0 Å². The monoisotopic (exact) mass is 285 g/mol. The van der Waals surface area contributed by atoms with Gasteiger partial charge in [-0.15, -0.1) is 0 Å². The van der Waals surface area contributed by atoms with Crippen LogP contribution in [0.4, 0.5) is 5.82 Å². The minimum absolute atomic E-state index is 0.150. The number of aryl methyl sites for hydroxylation is 1. The van der Waals surface area contributed by atoms with E-state index in [2.05, 4.69) is 42.3 Å². The van der Waals surface area contributed by atoms with Crippen LogP contribution in [-0.2, 0) is 6.42 Å². The fraction of sp³-hybridized carbons (Fsp3) is 0.353. The number of nitrogens with two attached hydrogens (primary N) is 1. The summed E-state index contributed by atoms with van der Waals surface area (Å²) in [4.78, 5) is 4.16. The highest BCUT2D eigenvalue weighted by molar-refractivity contribution is 5.43. The number of nitrogen functional groups attached to an aromatic ring is 1. The molecule has 1 aromatic heterocycles. The Labute approximate surface area is 126 Å². The van der Waals surface area contributed by atoms with E-state index in [0.717, 1.165) is 29.8 Å². The smallest absolute Gasteiger partial charge is 0.126 e. The number of aromatic nitrogens is 1. The van der Waals surface area contributed by atoms with E-state index in [1.807, 2.05) is 12.1 Å². The Hall–Kier alpha value is -2.07. The molecule has 112 valence electrons. The fourth-order valence-corrected chi connectivity index (χ4v) is 2.49. The van der Waals surface area contributed by atoms with E-state index in [-0.39, 0.29) is 6.04 Å². The maximum Gasteiger partial charge on any atom is 0.126 e. The van der Waals surface area contributed by atoms with Gasteiger partial charge in [-0.1, -0.05) is 25.1 Å². The van der Waals surface area contributed by atoms with Gasteiger partial charge in [-0.3, -0.25) is 0 Å². The molecule has 0 spiro atoms. The van der Waals surface area contributed by atoms with Gasteiger partial charge in [0.05, 0.1) is 7.11 Å². The summed E-state index contributed by atoms with van der Waals surface area (Å²) in [7, 11) is 1.71. The zero-order valence-electron chi connectivity index (χ0n) is 12.9.